The monoisotopic (exact) mass is 485 g/mol. The zero-order chi connectivity index (χ0) is 24.4. The van der Waals surface area contributed by atoms with Crippen LogP contribution in [0.25, 0.3) is 11.5 Å². The van der Waals surface area contributed by atoms with Crippen molar-refractivity contribution in [1.82, 2.24) is 24.6 Å². The fourth-order valence-corrected chi connectivity index (χ4v) is 4.28. The summed E-state index contributed by atoms with van der Waals surface area (Å²) >= 11 is 0. The number of hydrogen-bond acceptors (Lipinski definition) is 7. The lowest BCUT2D eigenvalue weighted by atomic mass is 10.1. The number of pyridine rings is 1. The highest BCUT2D eigenvalue weighted by atomic mass is 19.3. The van der Waals surface area contributed by atoms with Crippen molar-refractivity contribution < 1.29 is 18.0 Å². The van der Waals surface area contributed by atoms with E-state index in [0.717, 1.165) is 39.0 Å². The highest BCUT2D eigenvalue weighted by molar-refractivity contribution is 6.03. The summed E-state index contributed by atoms with van der Waals surface area (Å²) in [5.74, 6) is 1.02. The van der Waals surface area contributed by atoms with Gasteiger partial charge < -0.3 is 20.0 Å². The molecule has 0 atom stereocenters. The predicted molar refractivity (Wildman–Crippen MR) is 126 cm³/mol. The summed E-state index contributed by atoms with van der Waals surface area (Å²) in [5.41, 5.74) is 0.203. The summed E-state index contributed by atoms with van der Waals surface area (Å²) in [5, 5.41) is 9.93. The van der Waals surface area contributed by atoms with E-state index in [0.29, 0.717) is 17.3 Å². The van der Waals surface area contributed by atoms with Gasteiger partial charge in [0.05, 0.1) is 11.7 Å². The minimum Gasteiger partial charge on any atom is -0.444 e. The molecule has 1 aliphatic carbocycles. The van der Waals surface area contributed by atoms with Crippen LogP contribution in [0, 0.1) is 5.92 Å². The number of carbonyl (C=O) groups excluding carboxylic acids is 1. The second kappa shape index (κ2) is 10.1. The van der Waals surface area contributed by atoms with E-state index in [4.69, 9.17) is 4.42 Å². The molecular formula is C24H29F2N7O2. The zero-order valence-corrected chi connectivity index (χ0v) is 19.6. The molecule has 3 aromatic heterocycles. The normalized spacial score (nSPS) is 17.1. The van der Waals surface area contributed by atoms with E-state index < -0.39 is 18.0 Å². The van der Waals surface area contributed by atoms with Crippen LogP contribution >= 0.6 is 0 Å². The highest BCUT2D eigenvalue weighted by Crippen LogP contribution is 2.31. The lowest BCUT2D eigenvalue weighted by Crippen LogP contribution is -2.34. The fraction of sp³-hybridized carbons (Fsp3) is 0.500. The maximum Gasteiger partial charge on any atom is 0.284 e. The molecule has 0 unspecified atom stereocenters. The molecule has 2 N–H and O–H groups in total. The molecule has 11 heteroatoms. The maximum absolute atomic E-state index is 13.7. The summed E-state index contributed by atoms with van der Waals surface area (Å²) in [7, 11) is 0. The van der Waals surface area contributed by atoms with Crippen LogP contribution in [0.3, 0.4) is 0 Å². The molecule has 2 fully saturated rings. The molecule has 35 heavy (non-hydrogen) atoms. The first kappa shape index (κ1) is 23.4. The van der Waals surface area contributed by atoms with Crippen LogP contribution in [0.4, 0.5) is 20.3 Å². The van der Waals surface area contributed by atoms with E-state index in [1.165, 1.54) is 25.3 Å². The van der Waals surface area contributed by atoms with Gasteiger partial charge in [-0.2, -0.15) is 5.10 Å². The average Bonchev–Trinajstić information content (AvgIpc) is 3.39. The van der Waals surface area contributed by atoms with Crippen molar-refractivity contribution in [2.45, 2.75) is 45.1 Å². The van der Waals surface area contributed by atoms with Gasteiger partial charge in [-0.15, -0.1) is 0 Å². The van der Waals surface area contributed by atoms with Gasteiger partial charge in [-0.3, -0.25) is 9.48 Å². The van der Waals surface area contributed by atoms with E-state index in [2.05, 4.69) is 37.5 Å². The molecule has 4 heterocycles. The number of likely N-dealkylation sites (tertiary alicyclic amines) is 1. The minimum atomic E-state index is -2.81. The van der Waals surface area contributed by atoms with Crippen LogP contribution in [0.2, 0.25) is 0 Å². The summed E-state index contributed by atoms with van der Waals surface area (Å²) in [6.07, 6.45) is 5.65. The smallest absolute Gasteiger partial charge is 0.284 e. The molecule has 186 valence electrons. The molecule has 1 aliphatic heterocycles. The van der Waals surface area contributed by atoms with Crippen LogP contribution in [0.1, 0.15) is 61.3 Å². The van der Waals surface area contributed by atoms with Crippen molar-refractivity contribution in [2.75, 3.05) is 36.8 Å². The Balaban J connectivity index is 1.28. The second-order valence-electron chi connectivity index (χ2n) is 9.12. The molecule has 0 aromatic carbocycles. The predicted octanol–water partition coefficient (Wildman–Crippen LogP) is 4.60. The molecule has 1 saturated carbocycles. The first-order valence-corrected chi connectivity index (χ1v) is 12.1. The van der Waals surface area contributed by atoms with E-state index in [9.17, 15) is 13.6 Å². The van der Waals surface area contributed by atoms with Gasteiger partial charge in [0.25, 0.3) is 12.3 Å². The quantitative estimate of drug-likeness (QED) is 0.457. The number of oxazole rings is 1. The Labute approximate surface area is 201 Å². The standard InChI is InChI=1S/C24H29F2N7O2/c1-2-32-9-6-17(7-10-32)33-13-18(21(31-33)22(25)26)29-23(34)19-14-35-24(30-19)16-5-8-27-20(11-16)28-12-15-3-4-15/h5,8,11,13-15,17,22H,2-4,6-7,9-10,12H2,1H3,(H,27,28)(H,29,34). The number of amides is 1. The Kier molecular flexibility index (Phi) is 6.76. The number of carbonyl (C=O) groups is 1. The van der Waals surface area contributed by atoms with Crippen LogP contribution in [-0.2, 0) is 0 Å². The SMILES string of the molecule is CCN1CCC(n2cc(NC(=O)c3coc(-c4ccnc(NCC5CC5)c4)n3)c(C(F)F)n2)CC1. The third-order valence-electron chi connectivity index (χ3n) is 6.61. The Bertz CT molecular complexity index is 1170. The Morgan fingerprint density at radius 1 is 1.26 bits per heavy atom. The lowest BCUT2D eigenvalue weighted by molar-refractivity contribution is 0.102. The van der Waals surface area contributed by atoms with Gasteiger partial charge in [-0.05, 0) is 50.3 Å². The van der Waals surface area contributed by atoms with Crippen LogP contribution in [0.15, 0.2) is 35.2 Å². The lowest BCUT2D eigenvalue weighted by Gasteiger charge is -2.31. The number of hydrogen-bond donors (Lipinski definition) is 2. The molecule has 2 aliphatic rings. The summed E-state index contributed by atoms with van der Waals surface area (Å²) < 4.78 is 34.4. The minimum absolute atomic E-state index is 0.00600. The van der Waals surface area contributed by atoms with E-state index in [1.54, 1.807) is 23.0 Å². The summed E-state index contributed by atoms with van der Waals surface area (Å²) in [4.78, 5) is 23.7. The number of piperidine rings is 1. The first-order valence-electron chi connectivity index (χ1n) is 12.1. The molecule has 1 saturated heterocycles. The zero-order valence-electron chi connectivity index (χ0n) is 19.6. The number of halogens is 2. The number of anilines is 2. The van der Waals surface area contributed by atoms with Crippen LogP contribution < -0.4 is 10.6 Å². The van der Waals surface area contributed by atoms with E-state index in [-0.39, 0.29) is 23.3 Å². The number of alkyl halides is 2. The maximum atomic E-state index is 13.7. The van der Waals surface area contributed by atoms with Crippen LogP contribution in [0.5, 0.6) is 0 Å². The van der Waals surface area contributed by atoms with Crippen molar-refractivity contribution in [3.63, 3.8) is 0 Å². The molecule has 3 aromatic rings. The van der Waals surface area contributed by atoms with Crippen molar-refractivity contribution in [1.29, 1.82) is 0 Å². The van der Waals surface area contributed by atoms with Crippen molar-refractivity contribution >= 4 is 17.4 Å². The number of rotatable bonds is 9. The third-order valence-corrected chi connectivity index (χ3v) is 6.61. The molecule has 0 spiro atoms. The van der Waals surface area contributed by atoms with Gasteiger partial charge in [0.15, 0.2) is 11.4 Å². The molecule has 5 rings (SSSR count). The Morgan fingerprint density at radius 3 is 2.77 bits per heavy atom. The van der Waals surface area contributed by atoms with Gasteiger partial charge in [-0.25, -0.2) is 18.7 Å². The molecule has 0 bridgehead atoms. The topological polar surface area (TPSA) is 101 Å². The van der Waals surface area contributed by atoms with Crippen LogP contribution in [-0.4, -0.2) is 56.7 Å². The second-order valence-corrected chi connectivity index (χ2v) is 9.12. The number of nitrogens with one attached hydrogen (secondary N) is 2. The van der Waals surface area contributed by atoms with Gasteiger partial charge in [-0.1, -0.05) is 6.92 Å². The first-order chi connectivity index (χ1) is 17.0. The highest BCUT2D eigenvalue weighted by Gasteiger charge is 2.26. The molecule has 0 radical (unpaired) electrons. The molecular weight excluding hydrogens is 456 g/mol. The van der Waals surface area contributed by atoms with Gasteiger partial charge >= 0.3 is 0 Å². The van der Waals surface area contributed by atoms with E-state index >= 15 is 0 Å². The summed E-state index contributed by atoms with van der Waals surface area (Å²) in [6, 6.07) is 3.56. The molecule has 1 amide bonds. The van der Waals surface area contributed by atoms with Gasteiger partial charge in [0, 0.05) is 37.6 Å². The largest absolute Gasteiger partial charge is 0.444 e. The number of aromatic nitrogens is 4. The molecule has 9 nitrogen and oxygen atoms in total. The van der Waals surface area contributed by atoms with E-state index in [1.807, 2.05) is 0 Å². The van der Waals surface area contributed by atoms with Crippen molar-refractivity contribution in [3.8, 4) is 11.5 Å². The fourth-order valence-electron chi connectivity index (χ4n) is 4.28. The summed E-state index contributed by atoms with van der Waals surface area (Å²) in [6.45, 7) is 5.72. The average molecular weight is 486 g/mol. The number of nitrogens with zero attached hydrogens (tertiary/aromatic N) is 5. The Hall–Kier alpha value is -3.34. The Morgan fingerprint density at radius 2 is 2.06 bits per heavy atom. The van der Waals surface area contributed by atoms with Gasteiger partial charge in [0.2, 0.25) is 5.89 Å². The van der Waals surface area contributed by atoms with Crippen molar-refractivity contribution in [3.05, 3.63) is 42.2 Å². The van der Waals surface area contributed by atoms with Crippen molar-refractivity contribution in [2.24, 2.45) is 5.92 Å². The third kappa shape index (κ3) is 5.50. The van der Waals surface area contributed by atoms with Gasteiger partial charge in [0.1, 0.15) is 12.1 Å².